The van der Waals surface area contributed by atoms with Crippen molar-refractivity contribution in [2.75, 3.05) is 13.2 Å². The van der Waals surface area contributed by atoms with E-state index in [0.717, 1.165) is 12.8 Å². The second kappa shape index (κ2) is 5.47. The number of hydrazine groups is 1. The van der Waals surface area contributed by atoms with Gasteiger partial charge in [0.15, 0.2) is 0 Å². The first-order valence-electron chi connectivity index (χ1n) is 4.56. The van der Waals surface area contributed by atoms with Gasteiger partial charge in [0.2, 0.25) is 0 Å². The summed E-state index contributed by atoms with van der Waals surface area (Å²) in [6.07, 6.45) is -0.208. The van der Waals surface area contributed by atoms with Gasteiger partial charge < -0.3 is 4.74 Å². The Morgan fingerprint density at radius 3 is 2.46 bits per heavy atom. The molecule has 0 spiro atoms. The summed E-state index contributed by atoms with van der Waals surface area (Å²) in [5, 5.41) is 0. The topological polar surface area (TPSA) is 47.3 Å². The lowest BCUT2D eigenvalue weighted by Gasteiger charge is -2.25. The molecule has 1 aliphatic heterocycles. The third-order valence-electron chi connectivity index (χ3n) is 2.45. The van der Waals surface area contributed by atoms with Crippen molar-refractivity contribution in [2.45, 2.75) is 31.7 Å². The van der Waals surface area contributed by atoms with E-state index in [2.05, 4.69) is 5.43 Å². The van der Waals surface area contributed by atoms with Crippen molar-refractivity contribution in [1.29, 1.82) is 0 Å². The van der Waals surface area contributed by atoms with Crippen LogP contribution in [0.5, 0.6) is 0 Å². The standard InChI is InChI=1S/C8H16F2N2O/c9-8(10)7(12-11)5-6-1-3-13-4-2-6/h6-8,12H,1-5,11H2. The first-order valence-corrected chi connectivity index (χ1v) is 4.56. The Labute approximate surface area is 76.6 Å². The maximum atomic E-state index is 12.3. The molecule has 1 unspecified atom stereocenters. The minimum Gasteiger partial charge on any atom is -0.381 e. The summed E-state index contributed by atoms with van der Waals surface area (Å²) in [5.41, 5.74) is 2.16. The maximum Gasteiger partial charge on any atom is 0.255 e. The monoisotopic (exact) mass is 194 g/mol. The number of nitrogens with one attached hydrogen (secondary N) is 1. The van der Waals surface area contributed by atoms with E-state index in [1.807, 2.05) is 0 Å². The predicted molar refractivity (Wildman–Crippen MR) is 45.3 cm³/mol. The van der Waals surface area contributed by atoms with Gasteiger partial charge in [-0.3, -0.25) is 11.3 Å². The molecule has 1 aliphatic rings. The highest BCUT2D eigenvalue weighted by Gasteiger charge is 2.24. The van der Waals surface area contributed by atoms with Crippen LogP contribution in [0.1, 0.15) is 19.3 Å². The number of nitrogens with two attached hydrogens (primary N) is 1. The molecule has 1 heterocycles. The lowest BCUT2D eigenvalue weighted by atomic mass is 9.93. The molecule has 1 saturated heterocycles. The molecule has 1 atom stereocenters. The van der Waals surface area contributed by atoms with E-state index in [-0.39, 0.29) is 0 Å². The molecule has 1 fully saturated rings. The molecular formula is C8H16F2N2O. The number of rotatable bonds is 4. The number of hydrogen-bond acceptors (Lipinski definition) is 3. The van der Waals surface area contributed by atoms with Crippen LogP contribution >= 0.6 is 0 Å². The quantitative estimate of drug-likeness (QED) is 0.516. The number of halogens is 2. The highest BCUT2D eigenvalue weighted by Crippen LogP contribution is 2.21. The first-order chi connectivity index (χ1) is 6.24. The van der Waals surface area contributed by atoms with Crippen LogP contribution in [0.15, 0.2) is 0 Å². The summed E-state index contributed by atoms with van der Waals surface area (Å²) in [4.78, 5) is 0. The van der Waals surface area contributed by atoms with Crippen LogP contribution in [0, 0.1) is 5.92 Å². The van der Waals surface area contributed by atoms with Crippen LogP contribution in [0.25, 0.3) is 0 Å². The molecule has 0 aromatic rings. The van der Waals surface area contributed by atoms with Gasteiger partial charge in [-0.15, -0.1) is 0 Å². The molecule has 3 N–H and O–H groups in total. The average Bonchev–Trinajstić information content (AvgIpc) is 2.15. The summed E-state index contributed by atoms with van der Waals surface area (Å²) < 4.78 is 29.7. The normalized spacial score (nSPS) is 22.2. The number of ether oxygens (including phenoxy) is 1. The van der Waals surface area contributed by atoms with Gasteiger partial charge in [0.1, 0.15) is 0 Å². The molecule has 1 rings (SSSR count). The second-order valence-electron chi connectivity index (χ2n) is 3.40. The number of hydrogen-bond donors (Lipinski definition) is 2. The first kappa shape index (κ1) is 10.8. The SMILES string of the molecule is NNC(CC1CCOCC1)C(F)F. The van der Waals surface area contributed by atoms with Gasteiger partial charge in [0.05, 0.1) is 6.04 Å². The largest absolute Gasteiger partial charge is 0.381 e. The van der Waals surface area contributed by atoms with Gasteiger partial charge in [0.25, 0.3) is 6.43 Å². The minimum atomic E-state index is -2.38. The Bertz CT molecular complexity index is 140. The van der Waals surface area contributed by atoms with E-state index in [1.165, 1.54) is 0 Å². The van der Waals surface area contributed by atoms with E-state index < -0.39 is 12.5 Å². The van der Waals surface area contributed by atoms with Crippen molar-refractivity contribution in [3.63, 3.8) is 0 Å². The Kier molecular flexibility index (Phi) is 4.55. The smallest absolute Gasteiger partial charge is 0.255 e. The Balaban J connectivity index is 2.27. The fourth-order valence-corrected chi connectivity index (χ4v) is 1.58. The number of alkyl halides is 2. The molecule has 13 heavy (non-hydrogen) atoms. The van der Waals surface area contributed by atoms with E-state index in [1.54, 1.807) is 0 Å². The van der Waals surface area contributed by atoms with Crippen molar-refractivity contribution in [3.8, 4) is 0 Å². The van der Waals surface area contributed by atoms with Gasteiger partial charge in [0, 0.05) is 13.2 Å². The van der Waals surface area contributed by atoms with Gasteiger partial charge in [-0.25, -0.2) is 8.78 Å². The Morgan fingerprint density at radius 2 is 2.00 bits per heavy atom. The average molecular weight is 194 g/mol. The Hall–Kier alpha value is -0.260. The molecule has 0 radical (unpaired) electrons. The summed E-state index contributed by atoms with van der Waals surface area (Å²) in [6, 6.07) is -0.872. The zero-order valence-corrected chi connectivity index (χ0v) is 7.51. The van der Waals surface area contributed by atoms with E-state index in [0.29, 0.717) is 25.6 Å². The third kappa shape index (κ3) is 3.54. The zero-order valence-electron chi connectivity index (χ0n) is 7.51. The summed E-state index contributed by atoms with van der Waals surface area (Å²) >= 11 is 0. The van der Waals surface area contributed by atoms with Gasteiger partial charge in [-0.1, -0.05) is 0 Å². The van der Waals surface area contributed by atoms with Gasteiger partial charge in [-0.2, -0.15) is 0 Å². The molecule has 0 aromatic carbocycles. The molecule has 0 amide bonds. The van der Waals surface area contributed by atoms with Crippen molar-refractivity contribution in [1.82, 2.24) is 5.43 Å². The maximum absolute atomic E-state index is 12.3. The summed E-state index contributed by atoms with van der Waals surface area (Å²) in [6.45, 7) is 1.37. The molecule has 5 heteroatoms. The van der Waals surface area contributed by atoms with Crippen molar-refractivity contribution in [2.24, 2.45) is 11.8 Å². The van der Waals surface area contributed by atoms with Crippen LogP contribution in [0.2, 0.25) is 0 Å². The van der Waals surface area contributed by atoms with Crippen LogP contribution in [-0.2, 0) is 4.74 Å². The highest BCUT2D eigenvalue weighted by atomic mass is 19.3. The van der Waals surface area contributed by atoms with Crippen LogP contribution in [-0.4, -0.2) is 25.7 Å². The molecule has 3 nitrogen and oxygen atoms in total. The van der Waals surface area contributed by atoms with Crippen molar-refractivity contribution >= 4 is 0 Å². The lowest BCUT2D eigenvalue weighted by Crippen LogP contribution is -2.42. The van der Waals surface area contributed by atoms with Crippen molar-refractivity contribution in [3.05, 3.63) is 0 Å². The minimum absolute atomic E-state index is 0.323. The molecule has 0 aromatic heterocycles. The molecule has 78 valence electrons. The van der Waals surface area contributed by atoms with Crippen LogP contribution in [0.3, 0.4) is 0 Å². The second-order valence-corrected chi connectivity index (χ2v) is 3.40. The highest BCUT2D eigenvalue weighted by molar-refractivity contribution is 4.73. The van der Waals surface area contributed by atoms with E-state index in [4.69, 9.17) is 10.6 Å². The van der Waals surface area contributed by atoms with Gasteiger partial charge >= 0.3 is 0 Å². The summed E-state index contributed by atoms with van der Waals surface area (Å²) in [5.74, 6) is 5.35. The molecule has 0 aliphatic carbocycles. The fraction of sp³-hybridized carbons (Fsp3) is 1.00. The van der Waals surface area contributed by atoms with Crippen LogP contribution < -0.4 is 11.3 Å². The fourth-order valence-electron chi connectivity index (χ4n) is 1.58. The summed E-state index contributed by atoms with van der Waals surface area (Å²) in [7, 11) is 0. The van der Waals surface area contributed by atoms with Crippen molar-refractivity contribution < 1.29 is 13.5 Å². The van der Waals surface area contributed by atoms with E-state index in [9.17, 15) is 8.78 Å². The third-order valence-corrected chi connectivity index (χ3v) is 2.45. The molecule has 0 saturated carbocycles. The molecule has 0 bridgehead atoms. The predicted octanol–water partition coefficient (Wildman–Crippen LogP) is 0.900. The van der Waals surface area contributed by atoms with E-state index >= 15 is 0 Å². The van der Waals surface area contributed by atoms with Gasteiger partial charge in [-0.05, 0) is 25.2 Å². The van der Waals surface area contributed by atoms with Crippen LogP contribution in [0.4, 0.5) is 8.78 Å². The molecular weight excluding hydrogens is 178 g/mol. The zero-order chi connectivity index (χ0) is 9.68. The lowest BCUT2D eigenvalue weighted by molar-refractivity contribution is 0.0397. The Morgan fingerprint density at radius 1 is 1.38 bits per heavy atom.